The van der Waals surface area contributed by atoms with Crippen LogP contribution in [0.3, 0.4) is 0 Å². The minimum atomic E-state index is -3.45. The second-order valence-corrected chi connectivity index (χ2v) is 7.69. The second kappa shape index (κ2) is 8.35. The van der Waals surface area contributed by atoms with Gasteiger partial charge in [0, 0.05) is 12.1 Å². The number of carbonyl (C=O) groups is 1. The summed E-state index contributed by atoms with van der Waals surface area (Å²) in [6.45, 7) is 1.61. The average molecular weight is 348 g/mol. The Labute approximate surface area is 135 Å². The SMILES string of the molecule is CCCS(=O)(=O)CC(=O)NC[C@@H](c1c(F)cccc1F)N(C)C. The molecule has 0 bridgehead atoms. The lowest BCUT2D eigenvalue weighted by atomic mass is 10.0. The summed E-state index contributed by atoms with van der Waals surface area (Å²) >= 11 is 0. The van der Waals surface area contributed by atoms with Crippen molar-refractivity contribution >= 4 is 15.7 Å². The summed E-state index contributed by atoms with van der Waals surface area (Å²) in [6, 6.07) is 2.80. The fourth-order valence-electron chi connectivity index (χ4n) is 2.22. The van der Waals surface area contributed by atoms with Crippen molar-refractivity contribution in [1.82, 2.24) is 10.2 Å². The van der Waals surface area contributed by atoms with E-state index in [1.165, 1.54) is 6.07 Å². The van der Waals surface area contributed by atoms with Crippen molar-refractivity contribution in [3.05, 3.63) is 35.4 Å². The van der Waals surface area contributed by atoms with E-state index in [1.54, 1.807) is 25.9 Å². The average Bonchev–Trinajstić information content (AvgIpc) is 2.40. The molecule has 0 spiro atoms. The van der Waals surface area contributed by atoms with Crippen LogP contribution in [0.2, 0.25) is 0 Å². The van der Waals surface area contributed by atoms with Gasteiger partial charge in [-0.15, -0.1) is 0 Å². The molecule has 0 fully saturated rings. The van der Waals surface area contributed by atoms with Crippen LogP contribution in [0, 0.1) is 11.6 Å². The van der Waals surface area contributed by atoms with E-state index in [9.17, 15) is 22.0 Å². The third-order valence-electron chi connectivity index (χ3n) is 3.31. The van der Waals surface area contributed by atoms with Gasteiger partial charge in [0.25, 0.3) is 0 Å². The molecule has 0 aromatic heterocycles. The molecule has 130 valence electrons. The van der Waals surface area contributed by atoms with Crippen molar-refractivity contribution in [3.63, 3.8) is 0 Å². The van der Waals surface area contributed by atoms with E-state index in [1.807, 2.05) is 0 Å². The smallest absolute Gasteiger partial charge is 0.235 e. The van der Waals surface area contributed by atoms with Crippen LogP contribution in [0.5, 0.6) is 0 Å². The summed E-state index contributed by atoms with van der Waals surface area (Å²) in [4.78, 5) is 13.3. The third-order valence-corrected chi connectivity index (χ3v) is 5.05. The predicted molar refractivity (Wildman–Crippen MR) is 84.7 cm³/mol. The molecule has 1 aromatic rings. The van der Waals surface area contributed by atoms with Crippen molar-refractivity contribution in [2.24, 2.45) is 0 Å². The Morgan fingerprint density at radius 3 is 2.30 bits per heavy atom. The zero-order valence-corrected chi connectivity index (χ0v) is 14.3. The molecule has 1 aromatic carbocycles. The van der Waals surface area contributed by atoms with E-state index in [0.29, 0.717) is 6.42 Å². The number of benzene rings is 1. The molecule has 0 radical (unpaired) electrons. The number of rotatable bonds is 8. The number of nitrogens with one attached hydrogen (secondary N) is 1. The van der Waals surface area contributed by atoms with E-state index < -0.39 is 39.2 Å². The van der Waals surface area contributed by atoms with Gasteiger partial charge in [0.05, 0.1) is 11.8 Å². The zero-order valence-electron chi connectivity index (χ0n) is 13.5. The van der Waals surface area contributed by atoms with Crippen LogP contribution in [0.15, 0.2) is 18.2 Å². The highest BCUT2D eigenvalue weighted by molar-refractivity contribution is 7.92. The minimum absolute atomic E-state index is 0.0700. The normalized spacial score (nSPS) is 13.1. The largest absolute Gasteiger partial charge is 0.353 e. The second-order valence-electron chi connectivity index (χ2n) is 5.51. The lowest BCUT2D eigenvalue weighted by Gasteiger charge is -2.25. The molecule has 0 unspecified atom stereocenters. The number of halogens is 2. The van der Waals surface area contributed by atoms with E-state index in [0.717, 1.165) is 12.1 Å². The van der Waals surface area contributed by atoms with E-state index in [4.69, 9.17) is 0 Å². The maximum absolute atomic E-state index is 13.9. The quantitative estimate of drug-likeness (QED) is 0.773. The summed E-state index contributed by atoms with van der Waals surface area (Å²) in [5.41, 5.74) is -0.158. The van der Waals surface area contributed by atoms with Crippen molar-refractivity contribution in [2.75, 3.05) is 32.1 Å². The van der Waals surface area contributed by atoms with Crippen molar-refractivity contribution in [3.8, 4) is 0 Å². The molecular formula is C15H22F2N2O3S. The number of amides is 1. The summed E-state index contributed by atoms with van der Waals surface area (Å²) in [6.07, 6.45) is 0.427. The van der Waals surface area contributed by atoms with Crippen LogP contribution >= 0.6 is 0 Å². The molecular weight excluding hydrogens is 326 g/mol. The molecule has 8 heteroatoms. The minimum Gasteiger partial charge on any atom is -0.353 e. The Balaban J connectivity index is 2.81. The lowest BCUT2D eigenvalue weighted by Crippen LogP contribution is -2.38. The molecule has 0 aliphatic heterocycles. The molecule has 1 rings (SSSR count). The Hall–Kier alpha value is -1.54. The monoisotopic (exact) mass is 348 g/mol. The molecule has 0 saturated carbocycles. The Morgan fingerprint density at radius 2 is 1.83 bits per heavy atom. The van der Waals surface area contributed by atoms with Gasteiger partial charge in [-0.05, 0) is 32.6 Å². The molecule has 0 aliphatic rings. The van der Waals surface area contributed by atoms with E-state index in [-0.39, 0.29) is 17.9 Å². The van der Waals surface area contributed by atoms with Gasteiger partial charge in [-0.25, -0.2) is 17.2 Å². The highest BCUT2D eigenvalue weighted by Gasteiger charge is 2.23. The van der Waals surface area contributed by atoms with E-state index >= 15 is 0 Å². The Kier molecular flexibility index (Phi) is 7.08. The summed E-state index contributed by atoms with van der Waals surface area (Å²) in [7, 11) is -0.211. The molecule has 0 saturated heterocycles. The van der Waals surface area contributed by atoms with Gasteiger partial charge in [0.15, 0.2) is 9.84 Å². The third kappa shape index (κ3) is 5.87. The van der Waals surface area contributed by atoms with Gasteiger partial charge in [-0.1, -0.05) is 13.0 Å². The molecule has 0 aliphatic carbocycles. The van der Waals surface area contributed by atoms with Crippen molar-refractivity contribution in [2.45, 2.75) is 19.4 Å². The first-order chi connectivity index (χ1) is 10.7. The summed E-state index contributed by atoms with van der Waals surface area (Å²) in [5.74, 6) is -2.80. The first-order valence-electron chi connectivity index (χ1n) is 7.25. The van der Waals surface area contributed by atoms with Crippen LogP contribution in [0.4, 0.5) is 8.78 Å². The standard InChI is InChI=1S/C15H22F2N2O3S/c1-4-8-23(21,22)10-14(20)18-9-13(19(2)3)15-11(16)6-5-7-12(15)17/h5-7,13H,4,8-10H2,1-3H3,(H,18,20)/t13-/m0/s1. The van der Waals surface area contributed by atoms with Crippen LogP contribution in [-0.2, 0) is 14.6 Å². The van der Waals surface area contributed by atoms with Crippen LogP contribution in [-0.4, -0.2) is 51.4 Å². The maximum Gasteiger partial charge on any atom is 0.235 e. The first kappa shape index (κ1) is 19.5. The number of hydrogen-bond donors (Lipinski definition) is 1. The van der Waals surface area contributed by atoms with Gasteiger partial charge in [-0.2, -0.15) is 0 Å². The number of carbonyl (C=O) groups excluding carboxylic acids is 1. The van der Waals surface area contributed by atoms with Crippen LogP contribution in [0.25, 0.3) is 0 Å². The Morgan fingerprint density at radius 1 is 1.26 bits per heavy atom. The number of hydrogen-bond acceptors (Lipinski definition) is 4. The van der Waals surface area contributed by atoms with Gasteiger partial charge < -0.3 is 10.2 Å². The summed E-state index contributed by atoms with van der Waals surface area (Å²) < 4.78 is 51.0. The highest BCUT2D eigenvalue weighted by atomic mass is 32.2. The molecule has 0 heterocycles. The highest BCUT2D eigenvalue weighted by Crippen LogP contribution is 2.23. The predicted octanol–water partition coefficient (Wildman–Crippen LogP) is 1.51. The first-order valence-corrected chi connectivity index (χ1v) is 9.07. The lowest BCUT2D eigenvalue weighted by molar-refractivity contribution is -0.118. The van der Waals surface area contributed by atoms with Crippen molar-refractivity contribution < 1.29 is 22.0 Å². The molecule has 1 atom stereocenters. The van der Waals surface area contributed by atoms with Gasteiger partial charge in [-0.3, -0.25) is 4.79 Å². The zero-order chi connectivity index (χ0) is 17.6. The molecule has 5 nitrogen and oxygen atoms in total. The van der Waals surface area contributed by atoms with Gasteiger partial charge in [0.2, 0.25) is 5.91 Å². The number of nitrogens with zero attached hydrogens (tertiary/aromatic N) is 1. The van der Waals surface area contributed by atoms with Crippen LogP contribution in [0.1, 0.15) is 24.9 Å². The van der Waals surface area contributed by atoms with Crippen molar-refractivity contribution in [1.29, 1.82) is 0 Å². The number of sulfone groups is 1. The number of likely N-dealkylation sites (N-methyl/N-ethyl adjacent to an activating group) is 1. The molecule has 23 heavy (non-hydrogen) atoms. The molecule has 1 amide bonds. The fourth-order valence-corrected chi connectivity index (χ4v) is 3.48. The Bertz CT molecular complexity index is 628. The maximum atomic E-state index is 13.9. The molecule has 1 N–H and O–H groups in total. The fraction of sp³-hybridized carbons (Fsp3) is 0.533. The van der Waals surface area contributed by atoms with Crippen LogP contribution < -0.4 is 5.32 Å². The van der Waals surface area contributed by atoms with E-state index in [2.05, 4.69) is 5.32 Å². The van der Waals surface area contributed by atoms with Gasteiger partial charge >= 0.3 is 0 Å². The van der Waals surface area contributed by atoms with Gasteiger partial charge in [0.1, 0.15) is 17.4 Å². The topological polar surface area (TPSA) is 66.5 Å². The summed E-state index contributed by atoms with van der Waals surface area (Å²) in [5, 5.41) is 2.44.